The van der Waals surface area contributed by atoms with Crippen molar-refractivity contribution >= 4 is 11.9 Å². The maximum atomic E-state index is 12.5. The van der Waals surface area contributed by atoms with Gasteiger partial charge >= 0.3 is 6.03 Å². The van der Waals surface area contributed by atoms with Crippen molar-refractivity contribution in [2.75, 3.05) is 20.1 Å². The molecule has 1 aromatic heterocycles. The predicted molar refractivity (Wildman–Crippen MR) is 102 cm³/mol. The molecule has 4 rings (SSSR count). The number of ether oxygens (including phenoxy) is 1. The summed E-state index contributed by atoms with van der Waals surface area (Å²) in [5, 5.41) is 5.64. The lowest BCUT2D eigenvalue weighted by molar-refractivity contribution is -0.171. The van der Waals surface area contributed by atoms with Crippen molar-refractivity contribution in [1.29, 1.82) is 0 Å². The summed E-state index contributed by atoms with van der Waals surface area (Å²) in [5.74, 6) is 0.707. The monoisotopic (exact) mass is 383 g/mol. The van der Waals surface area contributed by atoms with E-state index < -0.39 is 11.7 Å². The van der Waals surface area contributed by atoms with Crippen molar-refractivity contribution < 1.29 is 14.3 Å². The Morgan fingerprint density at radius 2 is 2.00 bits per heavy atom. The first-order valence-electron chi connectivity index (χ1n) is 9.59. The number of hydrogen-bond acceptors (Lipinski definition) is 4. The number of nitrogens with zero attached hydrogens (tertiary/aromatic N) is 3. The SMILES string of the molecule is CNC(=O)C1Cn2ccnc2C2(CCN(C(=O)NCc3ccccc3)CC2)O1. The third-order valence-electron chi connectivity index (χ3n) is 5.54. The lowest BCUT2D eigenvalue weighted by atomic mass is 9.88. The molecule has 1 aromatic carbocycles. The van der Waals surface area contributed by atoms with E-state index in [1.54, 1.807) is 18.1 Å². The Balaban J connectivity index is 1.41. The van der Waals surface area contributed by atoms with E-state index in [4.69, 9.17) is 4.74 Å². The molecule has 2 aliphatic heterocycles. The topological polar surface area (TPSA) is 88.5 Å². The Hall–Kier alpha value is -2.87. The highest BCUT2D eigenvalue weighted by molar-refractivity contribution is 5.80. The highest BCUT2D eigenvalue weighted by atomic mass is 16.5. The van der Waals surface area contributed by atoms with Crippen LogP contribution in [0.3, 0.4) is 0 Å². The van der Waals surface area contributed by atoms with Gasteiger partial charge in [0.1, 0.15) is 11.4 Å². The van der Waals surface area contributed by atoms with Crippen LogP contribution in [-0.2, 0) is 28.2 Å². The zero-order valence-corrected chi connectivity index (χ0v) is 15.9. The van der Waals surface area contributed by atoms with Gasteiger partial charge in [0.25, 0.3) is 5.91 Å². The third kappa shape index (κ3) is 3.47. The molecule has 1 saturated heterocycles. The molecule has 1 fully saturated rings. The molecule has 1 atom stereocenters. The van der Waals surface area contributed by atoms with E-state index in [2.05, 4.69) is 15.6 Å². The minimum absolute atomic E-state index is 0.0827. The summed E-state index contributed by atoms with van der Waals surface area (Å²) in [6, 6.07) is 9.76. The first kappa shape index (κ1) is 18.5. The van der Waals surface area contributed by atoms with Crippen LogP contribution >= 0.6 is 0 Å². The smallest absolute Gasteiger partial charge is 0.317 e. The average molecular weight is 383 g/mol. The van der Waals surface area contributed by atoms with Gasteiger partial charge in [-0.25, -0.2) is 9.78 Å². The number of aromatic nitrogens is 2. The summed E-state index contributed by atoms with van der Waals surface area (Å²) in [4.78, 5) is 31.0. The number of piperidine rings is 1. The summed E-state index contributed by atoms with van der Waals surface area (Å²) in [6.45, 7) is 2.06. The van der Waals surface area contributed by atoms with Crippen LogP contribution in [-0.4, -0.2) is 52.6 Å². The second-order valence-corrected chi connectivity index (χ2v) is 7.25. The van der Waals surface area contributed by atoms with Gasteiger partial charge in [-0.1, -0.05) is 30.3 Å². The molecule has 8 heteroatoms. The maximum Gasteiger partial charge on any atom is 0.317 e. The van der Waals surface area contributed by atoms with Crippen molar-refractivity contribution in [3.63, 3.8) is 0 Å². The first-order chi connectivity index (χ1) is 13.6. The molecule has 2 aromatic rings. The Kier molecular flexibility index (Phi) is 5.04. The van der Waals surface area contributed by atoms with E-state index in [9.17, 15) is 9.59 Å². The van der Waals surface area contributed by atoms with Crippen LogP contribution in [0.2, 0.25) is 0 Å². The van der Waals surface area contributed by atoms with Gasteiger partial charge < -0.3 is 24.8 Å². The van der Waals surface area contributed by atoms with Crippen LogP contribution in [0.1, 0.15) is 24.2 Å². The number of likely N-dealkylation sites (tertiary alicyclic amines) is 1. The Morgan fingerprint density at radius 3 is 2.71 bits per heavy atom. The number of rotatable bonds is 3. The number of carbonyl (C=O) groups excluding carboxylic acids is 2. The van der Waals surface area contributed by atoms with Crippen molar-refractivity contribution in [2.45, 2.75) is 37.6 Å². The van der Waals surface area contributed by atoms with Crippen molar-refractivity contribution in [2.24, 2.45) is 0 Å². The fourth-order valence-electron chi connectivity index (χ4n) is 3.99. The number of amides is 3. The van der Waals surface area contributed by atoms with Crippen LogP contribution < -0.4 is 10.6 Å². The van der Waals surface area contributed by atoms with Gasteiger partial charge in [0.2, 0.25) is 0 Å². The fourth-order valence-corrected chi connectivity index (χ4v) is 3.99. The van der Waals surface area contributed by atoms with Crippen molar-refractivity contribution in [3.05, 3.63) is 54.1 Å². The molecule has 0 bridgehead atoms. The maximum absolute atomic E-state index is 12.5. The molecule has 8 nitrogen and oxygen atoms in total. The van der Waals surface area contributed by atoms with Gasteiger partial charge in [-0.2, -0.15) is 0 Å². The number of imidazole rings is 1. The van der Waals surface area contributed by atoms with E-state index in [1.165, 1.54) is 0 Å². The molecule has 0 saturated carbocycles. The Morgan fingerprint density at radius 1 is 1.25 bits per heavy atom. The largest absolute Gasteiger partial charge is 0.357 e. The van der Waals surface area contributed by atoms with Crippen LogP contribution in [0.5, 0.6) is 0 Å². The molecule has 28 heavy (non-hydrogen) atoms. The summed E-state index contributed by atoms with van der Waals surface area (Å²) in [7, 11) is 1.61. The second-order valence-electron chi connectivity index (χ2n) is 7.25. The van der Waals surface area contributed by atoms with Crippen LogP contribution in [0.25, 0.3) is 0 Å². The van der Waals surface area contributed by atoms with E-state index in [0.29, 0.717) is 39.0 Å². The minimum atomic E-state index is -0.630. The number of carbonyl (C=O) groups is 2. The van der Waals surface area contributed by atoms with Crippen LogP contribution in [0, 0.1) is 0 Å². The standard InChI is InChI=1S/C20H25N5O3/c1-21-17(26)16-14-25-12-9-22-18(25)20(28-16)7-10-24(11-8-20)19(27)23-13-15-5-3-2-4-6-15/h2-6,9,12,16H,7-8,10-11,13-14H2,1H3,(H,21,26)(H,23,27). The average Bonchev–Trinajstić information content (AvgIpc) is 3.22. The Labute approximate surface area is 163 Å². The molecule has 1 unspecified atom stereocenters. The van der Waals surface area contributed by atoms with Crippen LogP contribution in [0.15, 0.2) is 42.7 Å². The van der Waals surface area contributed by atoms with Crippen LogP contribution in [0.4, 0.5) is 4.79 Å². The van der Waals surface area contributed by atoms with E-state index in [-0.39, 0.29) is 11.9 Å². The highest BCUT2D eigenvalue weighted by Gasteiger charge is 2.47. The van der Waals surface area contributed by atoms with E-state index in [0.717, 1.165) is 11.4 Å². The highest BCUT2D eigenvalue weighted by Crippen LogP contribution is 2.40. The molecule has 0 aliphatic carbocycles. The second kappa shape index (κ2) is 7.63. The first-order valence-corrected chi connectivity index (χ1v) is 9.59. The molecule has 3 heterocycles. The molecule has 148 valence electrons. The van der Waals surface area contributed by atoms with Gasteiger partial charge in [-0.3, -0.25) is 4.79 Å². The van der Waals surface area contributed by atoms with Gasteiger partial charge in [0.05, 0.1) is 6.54 Å². The predicted octanol–water partition coefficient (Wildman–Crippen LogP) is 1.23. The third-order valence-corrected chi connectivity index (χ3v) is 5.54. The lowest BCUT2D eigenvalue weighted by Gasteiger charge is -2.45. The lowest BCUT2D eigenvalue weighted by Crippen LogP contribution is -2.55. The number of likely N-dealkylation sites (N-methyl/N-ethyl adjacent to an activating group) is 1. The van der Waals surface area contributed by atoms with E-state index >= 15 is 0 Å². The number of urea groups is 1. The molecule has 2 N–H and O–H groups in total. The molecule has 0 radical (unpaired) electrons. The zero-order valence-electron chi connectivity index (χ0n) is 15.9. The van der Waals surface area contributed by atoms with Gasteiger partial charge in [0.15, 0.2) is 6.10 Å². The summed E-state index contributed by atoms with van der Waals surface area (Å²) in [5.41, 5.74) is 0.435. The number of fused-ring (bicyclic) bond motifs is 2. The number of benzene rings is 1. The van der Waals surface area contributed by atoms with Crippen molar-refractivity contribution in [3.8, 4) is 0 Å². The summed E-state index contributed by atoms with van der Waals surface area (Å²) in [6.07, 6.45) is 4.29. The van der Waals surface area contributed by atoms with E-state index in [1.807, 2.05) is 41.1 Å². The normalized spacial score (nSPS) is 20.5. The number of hydrogen-bond donors (Lipinski definition) is 2. The van der Waals surface area contributed by atoms with Gasteiger partial charge in [-0.05, 0) is 5.56 Å². The minimum Gasteiger partial charge on any atom is -0.357 e. The summed E-state index contributed by atoms with van der Waals surface area (Å²) < 4.78 is 8.25. The number of nitrogens with one attached hydrogen (secondary N) is 2. The molecular formula is C20H25N5O3. The Bertz CT molecular complexity index is 843. The molecule has 1 spiro atoms. The quantitative estimate of drug-likeness (QED) is 0.834. The molecule has 2 aliphatic rings. The molecular weight excluding hydrogens is 358 g/mol. The van der Waals surface area contributed by atoms with Crippen molar-refractivity contribution in [1.82, 2.24) is 25.1 Å². The fraction of sp³-hybridized carbons (Fsp3) is 0.450. The molecule has 3 amide bonds. The van der Waals surface area contributed by atoms with Gasteiger partial charge in [0, 0.05) is 51.9 Å². The summed E-state index contributed by atoms with van der Waals surface area (Å²) >= 11 is 0. The van der Waals surface area contributed by atoms with Gasteiger partial charge in [-0.15, -0.1) is 0 Å². The zero-order chi connectivity index (χ0) is 19.6.